The van der Waals surface area contributed by atoms with Crippen LogP contribution in [0.3, 0.4) is 0 Å². The number of nitrogens with zero attached hydrogens (tertiary/aromatic N) is 1. The maximum atomic E-state index is 6.55. The van der Waals surface area contributed by atoms with Crippen molar-refractivity contribution in [1.82, 2.24) is 0 Å². The molecule has 2 nitrogen and oxygen atoms in total. The van der Waals surface area contributed by atoms with Crippen molar-refractivity contribution in [3.63, 3.8) is 0 Å². The van der Waals surface area contributed by atoms with E-state index in [-0.39, 0.29) is 0 Å². The van der Waals surface area contributed by atoms with Crippen molar-refractivity contribution in [3.05, 3.63) is 164 Å². The van der Waals surface area contributed by atoms with Gasteiger partial charge in [-0.1, -0.05) is 115 Å². The lowest BCUT2D eigenvalue weighted by atomic mass is 9.95. The lowest BCUT2D eigenvalue weighted by molar-refractivity contribution is 0.672. The topological polar surface area (TPSA) is 16.4 Å². The molecule has 0 aliphatic heterocycles. The second-order valence-corrected chi connectivity index (χ2v) is 10.6. The van der Waals surface area contributed by atoms with Crippen LogP contribution in [-0.2, 0) is 0 Å². The molecule has 0 amide bonds. The van der Waals surface area contributed by atoms with E-state index in [2.05, 4.69) is 169 Å². The Morgan fingerprint density at radius 1 is 0.357 bits per heavy atom. The van der Waals surface area contributed by atoms with Crippen LogP contribution in [0, 0.1) is 0 Å². The second kappa shape index (κ2) is 10.1. The van der Waals surface area contributed by atoms with Crippen molar-refractivity contribution in [1.29, 1.82) is 0 Å². The second-order valence-electron chi connectivity index (χ2n) is 10.6. The van der Waals surface area contributed by atoms with Crippen LogP contribution in [0.15, 0.2) is 168 Å². The van der Waals surface area contributed by atoms with Gasteiger partial charge in [-0.05, 0) is 76.2 Å². The van der Waals surface area contributed by atoms with E-state index in [9.17, 15) is 0 Å². The van der Waals surface area contributed by atoms with Crippen molar-refractivity contribution >= 4 is 49.8 Å². The predicted molar refractivity (Wildman–Crippen MR) is 177 cm³/mol. The molecule has 198 valence electrons. The molecule has 1 heterocycles. The summed E-state index contributed by atoms with van der Waals surface area (Å²) in [6.07, 6.45) is 0. The average molecular weight is 538 g/mol. The SMILES string of the molecule is c1ccc(-c2ccc(N(c3ccccc3)c3ccc4oc5c6ccccc6c(-c6ccccc6)cc5c4c3)cc2)cc1. The minimum Gasteiger partial charge on any atom is -0.455 e. The minimum absolute atomic E-state index is 0.886. The van der Waals surface area contributed by atoms with Crippen molar-refractivity contribution in [2.75, 3.05) is 4.90 Å². The third kappa shape index (κ3) is 4.13. The van der Waals surface area contributed by atoms with Gasteiger partial charge in [-0.15, -0.1) is 0 Å². The Labute approximate surface area is 244 Å². The smallest absolute Gasteiger partial charge is 0.143 e. The maximum Gasteiger partial charge on any atom is 0.143 e. The molecule has 2 heteroatoms. The average Bonchev–Trinajstić information content (AvgIpc) is 3.44. The van der Waals surface area contributed by atoms with E-state index in [0.29, 0.717) is 0 Å². The molecule has 42 heavy (non-hydrogen) atoms. The molecule has 0 atom stereocenters. The Bertz CT molecular complexity index is 2160. The molecule has 0 aliphatic rings. The van der Waals surface area contributed by atoms with Crippen LogP contribution in [0.4, 0.5) is 17.1 Å². The fourth-order valence-corrected chi connectivity index (χ4v) is 6.04. The van der Waals surface area contributed by atoms with Crippen LogP contribution in [-0.4, -0.2) is 0 Å². The monoisotopic (exact) mass is 537 g/mol. The Hall–Kier alpha value is -5.60. The van der Waals surface area contributed by atoms with E-state index in [0.717, 1.165) is 44.4 Å². The molecule has 0 fully saturated rings. The van der Waals surface area contributed by atoms with Gasteiger partial charge in [-0.25, -0.2) is 0 Å². The zero-order chi connectivity index (χ0) is 27.9. The van der Waals surface area contributed by atoms with Gasteiger partial charge in [0.15, 0.2) is 0 Å². The molecule has 8 aromatic rings. The molecular formula is C40H27NO. The van der Waals surface area contributed by atoms with Gasteiger partial charge in [-0.2, -0.15) is 0 Å². The molecular weight excluding hydrogens is 510 g/mol. The van der Waals surface area contributed by atoms with E-state index in [1.54, 1.807) is 0 Å². The van der Waals surface area contributed by atoms with E-state index in [1.807, 2.05) is 0 Å². The molecule has 0 spiro atoms. The number of anilines is 3. The normalized spacial score (nSPS) is 11.3. The Morgan fingerprint density at radius 3 is 1.62 bits per heavy atom. The molecule has 0 N–H and O–H groups in total. The summed E-state index contributed by atoms with van der Waals surface area (Å²) in [6, 6.07) is 57.8. The molecule has 8 rings (SSSR count). The Morgan fingerprint density at radius 2 is 0.905 bits per heavy atom. The number of fused-ring (bicyclic) bond motifs is 5. The van der Waals surface area contributed by atoms with Crippen LogP contribution in [0.1, 0.15) is 0 Å². The summed E-state index contributed by atoms with van der Waals surface area (Å²) in [7, 11) is 0. The molecule has 0 radical (unpaired) electrons. The van der Waals surface area contributed by atoms with Crippen LogP contribution < -0.4 is 4.90 Å². The predicted octanol–water partition coefficient (Wildman–Crippen LogP) is 11.5. The quantitative estimate of drug-likeness (QED) is 0.217. The third-order valence-electron chi connectivity index (χ3n) is 8.05. The summed E-state index contributed by atoms with van der Waals surface area (Å²) < 4.78 is 6.55. The number of hydrogen-bond acceptors (Lipinski definition) is 2. The third-order valence-corrected chi connectivity index (χ3v) is 8.05. The van der Waals surface area contributed by atoms with Crippen LogP contribution in [0.2, 0.25) is 0 Å². The number of para-hydroxylation sites is 1. The van der Waals surface area contributed by atoms with Gasteiger partial charge in [0.1, 0.15) is 11.2 Å². The fraction of sp³-hybridized carbons (Fsp3) is 0. The summed E-state index contributed by atoms with van der Waals surface area (Å²) >= 11 is 0. The maximum absolute atomic E-state index is 6.55. The largest absolute Gasteiger partial charge is 0.455 e. The van der Waals surface area contributed by atoms with Gasteiger partial charge in [0.2, 0.25) is 0 Å². The molecule has 0 aliphatic carbocycles. The summed E-state index contributed by atoms with van der Waals surface area (Å²) in [5.74, 6) is 0. The number of hydrogen-bond donors (Lipinski definition) is 0. The first-order valence-corrected chi connectivity index (χ1v) is 14.3. The van der Waals surface area contributed by atoms with Gasteiger partial charge in [-0.3, -0.25) is 0 Å². The number of rotatable bonds is 5. The first kappa shape index (κ1) is 24.2. The number of benzene rings is 7. The lowest BCUT2D eigenvalue weighted by Crippen LogP contribution is -2.09. The first-order chi connectivity index (χ1) is 20.8. The first-order valence-electron chi connectivity index (χ1n) is 14.3. The standard InChI is InChI=1S/C40H27NO/c1-4-12-28(13-5-1)29-20-22-32(23-21-29)41(31-16-8-3-9-17-31)33-24-25-39-37(26-33)38-27-36(30-14-6-2-7-15-30)34-18-10-11-19-35(34)40(38)42-39/h1-27H. The van der Waals surface area contributed by atoms with Crippen molar-refractivity contribution in [2.24, 2.45) is 0 Å². The molecule has 0 saturated heterocycles. The molecule has 0 unspecified atom stereocenters. The molecule has 0 saturated carbocycles. The van der Waals surface area contributed by atoms with Crippen molar-refractivity contribution in [3.8, 4) is 22.3 Å². The van der Waals surface area contributed by atoms with E-state index in [1.165, 1.54) is 27.6 Å². The van der Waals surface area contributed by atoms with Gasteiger partial charge < -0.3 is 9.32 Å². The zero-order valence-corrected chi connectivity index (χ0v) is 22.9. The van der Waals surface area contributed by atoms with Crippen LogP contribution in [0.25, 0.3) is 55.0 Å². The summed E-state index contributed by atoms with van der Waals surface area (Å²) in [6.45, 7) is 0. The van der Waals surface area contributed by atoms with Gasteiger partial charge in [0.05, 0.1) is 0 Å². The van der Waals surface area contributed by atoms with Crippen LogP contribution >= 0.6 is 0 Å². The summed E-state index contributed by atoms with van der Waals surface area (Å²) in [5.41, 5.74) is 9.92. The summed E-state index contributed by atoms with van der Waals surface area (Å²) in [4.78, 5) is 2.31. The van der Waals surface area contributed by atoms with Crippen LogP contribution in [0.5, 0.6) is 0 Å². The minimum atomic E-state index is 0.886. The highest BCUT2D eigenvalue weighted by atomic mass is 16.3. The van der Waals surface area contributed by atoms with Gasteiger partial charge in [0, 0.05) is 33.2 Å². The van der Waals surface area contributed by atoms with Crippen molar-refractivity contribution < 1.29 is 4.42 Å². The highest BCUT2D eigenvalue weighted by molar-refractivity contribution is 6.19. The summed E-state index contributed by atoms with van der Waals surface area (Å²) in [5, 5.41) is 4.55. The molecule has 1 aromatic heterocycles. The molecule has 7 aromatic carbocycles. The van der Waals surface area contributed by atoms with E-state index in [4.69, 9.17) is 4.42 Å². The highest BCUT2D eigenvalue weighted by Gasteiger charge is 2.18. The van der Waals surface area contributed by atoms with Crippen molar-refractivity contribution in [2.45, 2.75) is 0 Å². The highest BCUT2D eigenvalue weighted by Crippen LogP contribution is 2.43. The van der Waals surface area contributed by atoms with Gasteiger partial charge >= 0.3 is 0 Å². The molecule has 0 bridgehead atoms. The fourth-order valence-electron chi connectivity index (χ4n) is 6.04. The van der Waals surface area contributed by atoms with Gasteiger partial charge in [0.25, 0.3) is 0 Å². The Kier molecular flexibility index (Phi) is 5.82. The Balaban J connectivity index is 1.32. The lowest BCUT2D eigenvalue weighted by Gasteiger charge is -2.25. The number of furan rings is 1. The van der Waals surface area contributed by atoms with E-state index >= 15 is 0 Å². The zero-order valence-electron chi connectivity index (χ0n) is 22.9. The van der Waals surface area contributed by atoms with E-state index < -0.39 is 0 Å².